The van der Waals surface area contributed by atoms with Gasteiger partial charge in [0.15, 0.2) is 11.5 Å². The minimum absolute atomic E-state index is 0. The largest absolute Gasteiger partial charge is 1.00 e. The minimum atomic E-state index is -0.0943. The number of hydrogen-bond acceptors (Lipinski definition) is 2. The van der Waals surface area contributed by atoms with Gasteiger partial charge in [0.1, 0.15) is 0 Å². The minimum Gasteiger partial charge on any atom is -1.00 e. The zero-order chi connectivity index (χ0) is 10.3. The van der Waals surface area contributed by atoms with Crippen LogP contribution < -0.4 is 17.4 Å². The van der Waals surface area contributed by atoms with Crippen LogP contribution in [0.25, 0.3) is 11.2 Å². The van der Waals surface area contributed by atoms with Crippen molar-refractivity contribution in [3.8, 4) is 0 Å². The molecule has 2 heterocycles. The molecular formula is C9H12Cl2N4. The molecule has 0 fully saturated rings. The molecule has 15 heavy (non-hydrogen) atoms. The molecule has 0 bridgehead atoms. The quantitative estimate of drug-likeness (QED) is 0.590. The molecule has 0 atom stereocenters. The standard InChI is InChI=1S/C9H11ClN4.ClH/c1-9(2,3)8-13-6(10)5-7(14-8)12-4-11-5;/h4H,1-3H3,(H,11,12,13,14);1H. The maximum atomic E-state index is 6.01. The van der Waals surface area contributed by atoms with Crippen LogP contribution in [-0.4, -0.2) is 15.0 Å². The molecule has 0 aliphatic rings. The number of aromatic amines is 2. The van der Waals surface area contributed by atoms with E-state index in [-0.39, 0.29) is 17.8 Å². The molecule has 82 valence electrons. The van der Waals surface area contributed by atoms with Gasteiger partial charge in [-0.2, -0.15) is 0 Å². The molecule has 0 amide bonds. The molecule has 0 unspecified atom stereocenters. The van der Waals surface area contributed by atoms with Crippen LogP contribution in [0.1, 0.15) is 26.6 Å². The molecule has 0 aliphatic heterocycles. The maximum absolute atomic E-state index is 6.01. The molecule has 6 heteroatoms. The molecule has 2 N–H and O–H groups in total. The second-order valence-corrected chi connectivity index (χ2v) is 4.60. The van der Waals surface area contributed by atoms with Gasteiger partial charge in [0, 0.05) is 5.41 Å². The van der Waals surface area contributed by atoms with Crippen LogP contribution in [0.15, 0.2) is 6.33 Å². The summed E-state index contributed by atoms with van der Waals surface area (Å²) < 4.78 is 0. The molecule has 2 rings (SSSR count). The Labute approximate surface area is 98.9 Å². The van der Waals surface area contributed by atoms with E-state index < -0.39 is 0 Å². The molecule has 4 nitrogen and oxygen atoms in total. The van der Waals surface area contributed by atoms with Gasteiger partial charge in [0.25, 0.3) is 0 Å². The predicted molar refractivity (Wildman–Crippen MR) is 54.2 cm³/mol. The lowest BCUT2D eigenvalue weighted by Crippen LogP contribution is -3.00. The lowest BCUT2D eigenvalue weighted by Gasteiger charge is -2.12. The second-order valence-electron chi connectivity index (χ2n) is 4.24. The SMILES string of the molecule is CC(C)(C)c1nc(Cl)c2[nH]c[nH+]c2n1.[Cl-]. The summed E-state index contributed by atoms with van der Waals surface area (Å²) in [5, 5.41) is 0.459. The van der Waals surface area contributed by atoms with Gasteiger partial charge in [-0.15, -0.1) is 0 Å². The van der Waals surface area contributed by atoms with Crippen LogP contribution in [-0.2, 0) is 5.41 Å². The Morgan fingerprint density at radius 1 is 1.33 bits per heavy atom. The highest BCUT2D eigenvalue weighted by molar-refractivity contribution is 6.33. The number of H-pyrrole nitrogens is 2. The second kappa shape index (κ2) is 3.94. The predicted octanol–water partition coefficient (Wildman–Crippen LogP) is -1.27. The number of halogens is 2. The average molecular weight is 247 g/mol. The van der Waals surface area contributed by atoms with Crippen LogP contribution in [0, 0.1) is 0 Å². The number of rotatable bonds is 0. The summed E-state index contributed by atoms with van der Waals surface area (Å²) in [6.07, 6.45) is 1.69. The van der Waals surface area contributed by atoms with Crippen molar-refractivity contribution in [1.82, 2.24) is 15.0 Å². The maximum Gasteiger partial charge on any atom is 0.304 e. The summed E-state index contributed by atoms with van der Waals surface area (Å²) >= 11 is 6.01. The Morgan fingerprint density at radius 2 is 2.00 bits per heavy atom. The van der Waals surface area contributed by atoms with Crippen molar-refractivity contribution in [2.45, 2.75) is 26.2 Å². The van der Waals surface area contributed by atoms with Crippen LogP contribution in [0.3, 0.4) is 0 Å². The first kappa shape index (κ1) is 12.2. The summed E-state index contributed by atoms with van der Waals surface area (Å²) in [5.41, 5.74) is 1.40. The number of nitrogens with zero attached hydrogens (tertiary/aromatic N) is 2. The summed E-state index contributed by atoms with van der Waals surface area (Å²) in [4.78, 5) is 14.6. The number of hydrogen-bond donors (Lipinski definition) is 1. The average Bonchev–Trinajstić information content (AvgIpc) is 2.50. The van der Waals surface area contributed by atoms with E-state index in [9.17, 15) is 0 Å². The van der Waals surface area contributed by atoms with Gasteiger partial charge in [0.2, 0.25) is 11.3 Å². The van der Waals surface area contributed by atoms with Gasteiger partial charge in [0.05, 0.1) is 0 Å². The van der Waals surface area contributed by atoms with Crippen LogP contribution >= 0.6 is 11.6 Å². The normalized spacial score (nSPS) is 11.5. The van der Waals surface area contributed by atoms with E-state index >= 15 is 0 Å². The summed E-state index contributed by atoms with van der Waals surface area (Å²) in [7, 11) is 0. The van der Waals surface area contributed by atoms with Crippen molar-refractivity contribution in [2.24, 2.45) is 0 Å². The monoisotopic (exact) mass is 246 g/mol. The summed E-state index contributed by atoms with van der Waals surface area (Å²) in [6, 6.07) is 0. The molecule has 0 saturated heterocycles. The van der Waals surface area contributed by atoms with Crippen molar-refractivity contribution in [3.05, 3.63) is 17.3 Å². The molecule has 0 aliphatic carbocycles. The van der Waals surface area contributed by atoms with Crippen molar-refractivity contribution in [1.29, 1.82) is 0 Å². The molecule has 2 aromatic rings. The number of imidazole rings is 1. The lowest BCUT2D eigenvalue weighted by atomic mass is 9.96. The van der Waals surface area contributed by atoms with Gasteiger partial charge in [-0.3, -0.25) is 4.98 Å². The van der Waals surface area contributed by atoms with Gasteiger partial charge in [-0.25, -0.2) is 9.97 Å². The molecule has 0 radical (unpaired) electrons. The Bertz CT molecular complexity index is 472. The number of nitrogens with one attached hydrogen (secondary N) is 2. The molecule has 0 spiro atoms. The van der Waals surface area contributed by atoms with Crippen LogP contribution in [0.4, 0.5) is 0 Å². The lowest BCUT2D eigenvalue weighted by molar-refractivity contribution is -0.347. The number of fused-ring (bicyclic) bond motifs is 1. The third-order valence-corrected chi connectivity index (χ3v) is 2.23. The Balaban J connectivity index is 0.00000112. The summed E-state index contributed by atoms with van der Waals surface area (Å²) in [5.74, 6) is 0.742. The van der Waals surface area contributed by atoms with Crippen molar-refractivity contribution in [3.63, 3.8) is 0 Å². The van der Waals surface area contributed by atoms with Gasteiger partial charge in [-0.05, 0) is 0 Å². The van der Waals surface area contributed by atoms with E-state index in [4.69, 9.17) is 11.6 Å². The highest BCUT2D eigenvalue weighted by Crippen LogP contribution is 2.22. The van der Waals surface area contributed by atoms with Crippen molar-refractivity contribution in [2.75, 3.05) is 0 Å². The van der Waals surface area contributed by atoms with E-state index in [1.54, 1.807) is 6.33 Å². The molecule has 0 aromatic carbocycles. The van der Waals surface area contributed by atoms with E-state index in [0.29, 0.717) is 5.15 Å². The van der Waals surface area contributed by atoms with E-state index in [2.05, 4.69) is 40.7 Å². The molecule has 2 aromatic heterocycles. The number of aromatic nitrogens is 4. The van der Waals surface area contributed by atoms with E-state index in [1.165, 1.54) is 0 Å². The van der Waals surface area contributed by atoms with Gasteiger partial charge in [-0.1, -0.05) is 37.4 Å². The third-order valence-electron chi connectivity index (χ3n) is 1.96. The fourth-order valence-electron chi connectivity index (χ4n) is 1.18. The zero-order valence-electron chi connectivity index (χ0n) is 8.73. The first-order valence-electron chi connectivity index (χ1n) is 4.41. The highest BCUT2D eigenvalue weighted by atomic mass is 35.5. The highest BCUT2D eigenvalue weighted by Gasteiger charge is 2.24. The van der Waals surface area contributed by atoms with Crippen molar-refractivity contribution >= 4 is 22.8 Å². The van der Waals surface area contributed by atoms with Crippen LogP contribution in [0.2, 0.25) is 5.15 Å². The van der Waals surface area contributed by atoms with Crippen molar-refractivity contribution < 1.29 is 17.4 Å². The third kappa shape index (κ3) is 2.21. The Hall–Kier alpha value is -0.870. The van der Waals surface area contributed by atoms with E-state index in [1.807, 2.05) is 0 Å². The molecular weight excluding hydrogens is 235 g/mol. The van der Waals surface area contributed by atoms with E-state index in [0.717, 1.165) is 17.0 Å². The van der Waals surface area contributed by atoms with Crippen LogP contribution in [0.5, 0.6) is 0 Å². The zero-order valence-corrected chi connectivity index (χ0v) is 10.2. The topological polar surface area (TPSA) is 55.7 Å². The van der Waals surface area contributed by atoms with Gasteiger partial charge >= 0.3 is 5.65 Å². The molecule has 0 saturated carbocycles. The Kier molecular flexibility index (Phi) is 3.21. The summed E-state index contributed by atoms with van der Waals surface area (Å²) in [6.45, 7) is 6.16. The fourth-order valence-corrected chi connectivity index (χ4v) is 1.40. The smallest absolute Gasteiger partial charge is 0.304 e. The van der Waals surface area contributed by atoms with Gasteiger partial charge < -0.3 is 12.4 Å². The first-order chi connectivity index (χ1) is 6.48. The fraction of sp³-hybridized carbons (Fsp3) is 0.444. The Morgan fingerprint density at radius 3 is 2.60 bits per heavy atom. The first-order valence-corrected chi connectivity index (χ1v) is 4.79.